The third-order valence-corrected chi connectivity index (χ3v) is 3.58. The van der Waals surface area contributed by atoms with Crippen molar-refractivity contribution >= 4 is 33.4 Å². The van der Waals surface area contributed by atoms with Crippen LogP contribution in [0.15, 0.2) is 28.7 Å². The van der Waals surface area contributed by atoms with Crippen LogP contribution in [-0.2, 0) is 0 Å². The third-order valence-electron chi connectivity index (χ3n) is 2.53. The molecule has 2 N–H and O–H groups in total. The molecule has 0 saturated carbocycles. The maximum absolute atomic E-state index is 4.36. The first-order valence-corrected chi connectivity index (χ1v) is 6.45. The number of nitrogens with zero attached hydrogens (tertiary/aromatic N) is 2. The quantitative estimate of drug-likeness (QED) is 0.909. The van der Waals surface area contributed by atoms with Crippen LogP contribution in [-0.4, -0.2) is 17.0 Å². The smallest absolute Gasteiger partial charge is 0.224 e. The van der Waals surface area contributed by atoms with Gasteiger partial charge in [-0.1, -0.05) is 12.1 Å². The Labute approximate surface area is 115 Å². The van der Waals surface area contributed by atoms with Crippen LogP contribution in [0.1, 0.15) is 11.3 Å². The predicted octanol–water partition coefficient (Wildman–Crippen LogP) is 3.64. The molecule has 0 aliphatic carbocycles. The second kappa shape index (κ2) is 5.35. The van der Waals surface area contributed by atoms with E-state index >= 15 is 0 Å². The summed E-state index contributed by atoms with van der Waals surface area (Å²) >= 11 is 3.57. The highest BCUT2D eigenvalue weighted by atomic mass is 79.9. The summed E-state index contributed by atoms with van der Waals surface area (Å²) in [6, 6.07) is 7.98. The highest BCUT2D eigenvalue weighted by Gasteiger charge is 2.05. The van der Waals surface area contributed by atoms with Crippen LogP contribution in [0.5, 0.6) is 0 Å². The fourth-order valence-corrected chi connectivity index (χ4v) is 1.99. The van der Waals surface area contributed by atoms with Gasteiger partial charge in [-0.25, -0.2) is 4.98 Å². The Bertz CT molecular complexity index is 569. The van der Waals surface area contributed by atoms with Gasteiger partial charge in [-0.15, -0.1) is 0 Å². The zero-order chi connectivity index (χ0) is 13.1. The van der Waals surface area contributed by atoms with Crippen molar-refractivity contribution in [1.29, 1.82) is 0 Å². The van der Waals surface area contributed by atoms with Gasteiger partial charge in [0, 0.05) is 23.3 Å². The first-order chi connectivity index (χ1) is 8.60. The van der Waals surface area contributed by atoms with Crippen LogP contribution >= 0.6 is 15.9 Å². The van der Waals surface area contributed by atoms with Crippen molar-refractivity contribution in [1.82, 2.24) is 9.97 Å². The van der Waals surface area contributed by atoms with Gasteiger partial charge in [-0.3, -0.25) is 0 Å². The summed E-state index contributed by atoms with van der Waals surface area (Å²) in [5.74, 6) is 1.39. The van der Waals surface area contributed by atoms with E-state index in [0.29, 0.717) is 5.95 Å². The SMILES string of the molecule is CNc1nc(C)cc(Nc2cccc(C)c2Br)n1. The van der Waals surface area contributed by atoms with Gasteiger partial charge in [0.05, 0.1) is 5.69 Å². The largest absolute Gasteiger partial charge is 0.357 e. The topological polar surface area (TPSA) is 49.8 Å². The molecule has 94 valence electrons. The van der Waals surface area contributed by atoms with Crippen LogP contribution in [0.3, 0.4) is 0 Å². The lowest BCUT2D eigenvalue weighted by Gasteiger charge is -2.11. The number of nitrogens with one attached hydrogen (secondary N) is 2. The zero-order valence-electron chi connectivity index (χ0n) is 10.6. The molecule has 0 spiro atoms. The second-order valence-corrected chi connectivity index (χ2v) is 4.82. The molecule has 0 aliphatic rings. The van der Waals surface area contributed by atoms with Gasteiger partial charge in [-0.2, -0.15) is 4.98 Å². The summed E-state index contributed by atoms with van der Waals surface area (Å²) < 4.78 is 1.05. The molecule has 0 aliphatic heterocycles. The normalized spacial score (nSPS) is 10.2. The van der Waals surface area contributed by atoms with Gasteiger partial charge in [0.1, 0.15) is 5.82 Å². The summed E-state index contributed by atoms with van der Waals surface area (Å²) in [6.45, 7) is 4.00. The van der Waals surface area contributed by atoms with E-state index in [2.05, 4.69) is 49.5 Å². The van der Waals surface area contributed by atoms with E-state index in [1.54, 1.807) is 7.05 Å². The highest BCUT2D eigenvalue weighted by molar-refractivity contribution is 9.10. The minimum Gasteiger partial charge on any atom is -0.357 e. The Morgan fingerprint density at radius 2 is 1.94 bits per heavy atom. The standard InChI is InChI=1S/C13H15BrN4/c1-8-5-4-6-10(12(8)14)17-11-7-9(2)16-13(15-3)18-11/h4-7H,1-3H3,(H2,15,16,17,18). The van der Waals surface area contributed by atoms with E-state index < -0.39 is 0 Å². The molecule has 0 unspecified atom stereocenters. The molecule has 5 heteroatoms. The van der Waals surface area contributed by atoms with Crippen LogP contribution in [0.25, 0.3) is 0 Å². The second-order valence-electron chi connectivity index (χ2n) is 4.03. The molecule has 0 saturated heterocycles. The lowest BCUT2D eigenvalue weighted by Crippen LogP contribution is -2.02. The van der Waals surface area contributed by atoms with Crippen LogP contribution in [0.2, 0.25) is 0 Å². The molecule has 0 atom stereocenters. The molecule has 1 aromatic carbocycles. The molecule has 0 radical (unpaired) electrons. The van der Waals surface area contributed by atoms with E-state index in [9.17, 15) is 0 Å². The molecule has 1 heterocycles. The zero-order valence-corrected chi connectivity index (χ0v) is 12.2. The minimum absolute atomic E-state index is 0.612. The Morgan fingerprint density at radius 1 is 1.17 bits per heavy atom. The molecular formula is C13H15BrN4. The number of aromatic nitrogens is 2. The summed E-state index contributed by atoms with van der Waals surface area (Å²) in [4.78, 5) is 8.62. The van der Waals surface area contributed by atoms with Crippen LogP contribution < -0.4 is 10.6 Å². The van der Waals surface area contributed by atoms with Crippen molar-refractivity contribution in [3.8, 4) is 0 Å². The third kappa shape index (κ3) is 2.79. The van der Waals surface area contributed by atoms with Crippen molar-refractivity contribution in [2.24, 2.45) is 0 Å². The Morgan fingerprint density at radius 3 is 2.67 bits per heavy atom. The van der Waals surface area contributed by atoms with Gasteiger partial charge < -0.3 is 10.6 Å². The fraction of sp³-hybridized carbons (Fsp3) is 0.231. The number of anilines is 3. The van der Waals surface area contributed by atoms with Gasteiger partial charge in [0.15, 0.2) is 0 Å². The lowest BCUT2D eigenvalue weighted by atomic mass is 10.2. The number of hydrogen-bond acceptors (Lipinski definition) is 4. The van der Waals surface area contributed by atoms with Crippen molar-refractivity contribution in [3.63, 3.8) is 0 Å². The van der Waals surface area contributed by atoms with E-state index in [-0.39, 0.29) is 0 Å². The molecule has 18 heavy (non-hydrogen) atoms. The van der Waals surface area contributed by atoms with Gasteiger partial charge in [-0.05, 0) is 41.4 Å². The van der Waals surface area contributed by atoms with Crippen molar-refractivity contribution in [3.05, 3.63) is 40.0 Å². The van der Waals surface area contributed by atoms with Crippen LogP contribution in [0, 0.1) is 13.8 Å². The predicted molar refractivity (Wildman–Crippen MR) is 78.5 cm³/mol. The van der Waals surface area contributed by atoms with Crippen LogP contribution in [0.4, 0.5) is 17.5 Å². The maximum atomic E-state index is 4.36. The van der Waals surface area contributed by atoms with Crippen molar-refractivity contribution in [2.45, 2.75) is 13.8 Å². The molecule has 0 amide bonds. The molecule has 0 fully saturated rings. The molecule has 2 aromatic rings. The van der Waals surface area contributed by atoms with E-state index in [1.165, 1.54) is 5.56 Å². The number of benzene rings is 1. The summed E-state index contributed by atoms with van der Waals surface area (Å²) in [5.41, 5.74) is 3.09. The summed E-state index contributed by atoms with van der Waals surface area (Å²) in [5, 5.41) is 6.24. The lowest BCUT2D eigenvalue weighted by molar-refractivity contribution is 1.10. The summed E-state index contributed by atoms with van der Waals surface area (Å²) in [7, 11) is 1.81. The molecule has 1 aromatic heterocycles. The Balaban J connectivity index is 2.34. The van der Waals surface area contributed by atoms with Gasteiger partial charge in [0.25, 0.3) is 0 Å². The first-order valence-electron chi connectivity index (χ1n) is 5.65. The number of rotatable bonds is 3. The number of halogens is 1. The number of aryl methyl sites for hydroxylation is 2. The fourth-order valence-electron chi connectivity index (χ4n) is 1.63. The summed E-state index contributed by atoms with van der Waals surface area (Å²) in [6.07, 6.45) is 0. The van der Waals surface area contributed by atoms with Crippen molar-refractivity contribution in [2.75, 3.05) is 17.7 Å². The Hall–Kier alpha value is -1.62. The Kier molecular flexibility index (Phi) is 3.81. The first kappa shape index (κ1) is 12.8. The number of hydrogen-bond donors (Lipinski definition) is 2. The molecule has 2 rings (SSSR count). The van der Waals surface area contributed by atoms with Gasteiger partial charge >= 0.3 is 0 Å². The highest BCUT2D eigenvalue weighted by Crippen LogP contribution is 2.28. The average molecular weight is 307 g/mol. The molecule has 4 nitrogen and oxygen atoms in total. The van der Waals surface area contributed by atoms with E-state index in [0.717, 1.165) is 21.7 Å². The monoisotopic (exact) mass is 306 g/mol. The van der Waals surface area contributed by atoms with E-state index in [4.69, 9.17) is 0 Å². The molecular weight excluding hydrogens is 292 g/mol. The van der Waals surface area contributed by atoms with Crippen molar-refractivity contribution < 1.29 is 0 Å². The van der Waals surface area contributed by atoms with E-state index in [1.807, 2.05) is 25.1 Å². The maximum Gasteiger partial charge on any atom is 0.224 e. The minimum atomic E-state index is 0.612. The van der Waals surface area contributed by atoms with Gasteiger partial charge in [0.2, 0.25) is 5.95 Å². The molecule has 0 bridgehead atoms. The average Bonchev–Trinajstić information content (AvgIpc) is 2.34.